The number of hydrogen-bond acceptors (Lipinski definition) is 6. The normalized spacial score (nSPS) is 14.0. The summed E-state index contributed by atoms with van der Waals surface area (Å²) in [5.41, 5.74) is 10.6. The molecular weight excluding hydrogens is 527 g/mol. The van der Waals surface area contributed by atoms with Crippen molar-refractivity contribution in [2.45, 2.75) is 45.8 Å². The van der Waals surface area contributed by atoms with Crippen LogP contribution in [0, 0.1) is 20.8 Å². The number of aliphatic hydroxyl groups is 2. The molecule has 5 rings (SSSR count). The van der Waals surface area contributed by atoms with Gasteiger partial charge in [-0.15, -0.1) is 0 Å². The van der Waals surface area contributed by atoms with Gasteiger partial charge in [0.15, 0.2) is 0 Å². The molecule has 0 bridgehead atoms. The SMILES string of the molecule is Cc1cc(OC[C@H](O)CO)cc(C)c1-c1cccc(COc2ccc3c(c2)-c2ccccc2C3CC(=O)[O-])c1C.[Na+]. The topological polar surface area (TPSA) is 99.1 Å². The number of hydrogen-bond donors (Lipinski definition) is 2. The third kappa shape index (κ3) is 6.53. The minimum atomic E-state index is -1.06. The van der Waals surface area contributed by atoms with E-state index in [1.54, 1.807) is 0 Å². The van der Waals surface area contributed by atoms with Crippen LogP contribution < -0.4 is 44.1 Å². The van der Waals surface area contributed by atoms with E-state index in [0.29, 0.717) is 12.4 Å². The quantitative estimate of drug-likeness (QED) is 0.288. The molecule has 0 aromatic heterocycles. The summed E-state index contributed by atoms with van der Waals surface area (Å²) in [6, 6.07) is 23.9. The molecule has 0 fully saturated rings. The first-order valence-corrected chi connectivity index (χ1v) is 13.4. The molecule has 1 unspecified atom stereocenters. The van der Waals surface area contributed by atoms with Gasteiger partial charge < -0.3 is 29.6 Å². The average Bonchev–Trinajstić information content (AvgIpc) is 3.24. The van der Waals surface area contributed by atoms with Gasteiger partial charge in [-0.3, -0.25) is 0 Å². The molecule has 0 heterocycles. The van der Waals surface area contributed by atoms with Crippen LogP contribution in [0.4, 0.5) is 0 Å². The van der Waals surface area contributed by atoms with Gasteiger partial charge in [0.25, 0.3) is 0 Å². The summed E-state index contributed by atoms with van der Waals surface area (Å²) < 4.78 is 11.9. The van der Waals surface area contributed by atoms with Crippen molar-refractivity contribution in [2.75, 3.05) is 13.2 Å². The Labute approximate surface area is 262 Å². The number of fused-ring (bicyclic) bond motifs is 3. The molecule has 2 N–H and O–H groups in total. The van der Waals surface area contributed by atoms with E-state index in [2.05, 4.69) is 19.1 Å². The van der Waals surface area contributed by atoms with Crippen LogP contribution >= 0.6 is 0 Å². The van der Waals surface area contributed by atoms with Gasteiger partial charge >= 0.3 is 29.6 Å². The Hall–Kier alpha value is -3.13. The van der Waals surface area contributed by atoms with Crippen LogP contribution in [-0.2, 0) is 11.4 Å². The molecule has 41 heavy (non-hydrogen) atoms. The van der Waals surface area contributed by atoms with Crippen LogP contribution in [0.1, 0.15) is 45.7 Å². The Morgan fingerprint density at radius 1 is 0.854 bits per heavy atom. The number of ether oxygens (including phenoxy) is 2. The van der Waals surface area contributed by atoms with E-state index in [0.717, 1.165) is 61.4 Å². The summed E-state index contributed by atoms with van der Waals surface area (Å²) >= 11 is 0. The first-order valence-electron chi connectivity index (χ1n) is 13.4. The summed E-state index contributed by atoms with van der Waals surface area (Å²) in [6.45, 7) is 6.25. The number of aryl methyl sites for hydroxylation is 2. The molecule has 2 atom stereocenters. The number of carbonyl (C=O) groups excluding carboxylic acids is 1. The largest absolute Gasteiger partial charge is 1.00 e. The molecule has 7 heteroatoms. The van der Waals surface area contributed by atoms with E-state index in [-0.39, 0.29) is 55.1 Å². The van der Waals surface area contributed by atoms with Gasteiger partial charge in [0.2, 0.25) is 0 Å². The maximum atomic E-state index is 11.4. The summed E-state index contributed by atoms with van der Waals surface area (Å²) in [4.78, 5) is 11.4. The number of rotatable bonds is 10. The van der Waals surface area contributed by atoms with Crippen LogP contribution in [-0.4, -0.2) is 35.5 Å². The first-order chi connectivity index (χ1) is 19.3. The van der Waals surface area contributed by atoms with Crippen molar-refractivity contribution in [1.82, 2.24) is 0 Å². The Morgan fingerprint density at radius 3 is 2.24 bits per heavy atom. The minimum absolute atomic E-state index is 0. The predicted octanol–water partition coefficient (Wildman–Crippen LogP) is 1.85. The van der Waals surface area contributed by atoms with E-state index in [1.807, 2.05) is 74.5 Å². The summed E-state index contributed by atoms with van der Waals surface area (Å²) in [6.07, 6.45) is -0.963. The molecule has 0 aliphatic heterocycles. The molecule has 6 nitrogen and oxygen atoms in total. The Bertz CT molecular complexity index is 1540. The third-order valence-corrected chi connectivity index (χ3v) is 7.67. The van der Waals surface area contributed by atoms with E-state index < -0.39 is 12.1 Å². The second kappa shape index (κ2) is 13.2. The second-order valence-electron chi connectivity index (χ2n) is 10.4. The smallest absolute Gasteiger partial charge is 0.550 e. The van der Waals surface area contributed by atoms with Crippen LogP contribution in [0.2, 0.25) is 0 Å². The van der Waals surface area contributed by atoms with Gasteiger partial charge in [0.1, 0.15) is 30.8 Å². The average molecular weight is 561 g/mol. The van der Waals surface area contributed by atoms with Crippen LogP contribution in [0.25, 0.3) is 22.3 Å². The molecule has 1 aliphatic carbocycles. The van der Waals surface area contributed by atoms with Crippen LogP contribution in [0.15, 0.2) is 72.8 Å². The van der Waals surface area contributed by atoms with Gasteiger partial charge in [-0.1, -0.05) is 48.5 Å². The number of carboxylic acid groups (broad SMARTS) is 1. The number of aliphatic carboxylic acids is 1. The van der Waals surface area contributed by atoms with Gasteiger partial charge in [-0.2, -0.15) is 0 Å². The fourth-order valence-electron chi connectivity index (χ4n) is 5.71. The molecule has 206 valence electrons. The summed E-state index contributed by atoms with van der Waals surface area (Å²) in [5.74, 6) is 0.110. The monoisotopic (exact) mass is 560 g/mol. The summed E-state index contributed by atoms with van der Waals surface area (Å²) in [7, 11) is 0. The minimum Gasteiger partial charge on any atom is -0.550 e. The molecule has 0 radical (unpaired) electrons. The number of carboxylic acids is 1. The maximum Gasteiger partial charge on any atom is 1.00 e. The molecule has 4 aromatic rings. The van der Waals surface area contributed by atoms with E-state index in [9.17, 15) is 15.0 Å². The van der Waals surface area contributed by atoms with E-state index in [1.165, 1.54) is 0 Å². The zero-order valence-electron chi connectivity index (χ0n) is 23.9. The predicted molar refractivity (Wildman–Crippen MR) is 152 cm³/mol. The Morgan fingerprint density at radius 2 is 1.54 bits per heavy atom. The fourth-order valence-corrected chi connectivity index (χ4v) is 5.71. The maximum absolute atomic E-state index is 11.4. The second-order valence-corrected chi connectivity index (χ2v) is 10.4. The van der Waals surface area contributed by atoms with E-state index in [4.69, 9.17) is 14.6 Å². The molecule has 0 amide bonds. The van der Waals surface area contributed by atoms with Crippen LogP contribution in [0.5, 0.6) is 11.5 Å². The van der Waals surface area contributed by atoms with Crippen molar-refractivity contribution in [3.63, 3.8) is 0 Å². The molecular formula is C34H33NaO6. The molecule has 0 saturated heterocycles. The number of carbonyl (C=O) groups is 1. The zero-order valence-corrected chi connectivity index (χ0v) is 25.9. The molecule has 4 aromatic carbocycles. The number of aliphatic hydroxyl groups excluding tert-OH is 2. The first kappa shape index (κ1) is 30.8. The van der Waals surface area contributed by atoms with Crippen molar-refractivity contribution in [1.29, 1.82) is 0 Å². The fraction of sp³-hybridized carbons (Fsp3) is 0.265. The van der Waals surface area contributed by atoms with E-state index >= 15 is 0 Å². The molecule has 1 aliphatic rings. The Balaban J connectivity index is 0.00000387. The van der Waals surface area contributed by atoms with Gasteiger partial charge in [0, 0.05) is 11.9 Å². The molecule has 0 saturated carbocycles. The van der Waals surface area contributed by atoms with Crippen molar-refractivity contribution >= 4 is 5.97 Å². The third-order valence-electron chi connectivity index (χ3n) is 7.67. The van der Waals surface area contributed by atoms with Crippen molar-refractivity contribution in [3.05, 3.63) is 106 Å². The van der Waals surface area contributed by atoms with Gasteiger partial charge in [-0.05, 0) is 107 Å². The molecule has 0 spiro atoms. The summed E-state index contributed by atoms with van der Waals surface area (Å²) in [5, 5.41) is 30.1. The standard InChI is InChI=1S/C34H34O6.Na/c1-20-13-26(40-19-24(36)17-35)14-21(2)34(20)27-10-6-7-23(22(27)3)18-39-25-11-12-30-31(15-25)28-8-4-5-9-29(28)32(30)16-33(37)38;/h4-15,24,32,35-36H,16-19H2,1-3H3,(H,37,38);/q;+1/p-1/t24-,32?;/m1./s1. The van der Waals surface area contributed by atoms with Crippen molar-refractivity contribution in [2.24, 2.45) is 0 Å². The van der Waals surface area contributed by atoms with Gasteiger partial charge in [-0.25, -0.2) is 0 Å². The van der Waals surface area contributed by atoms with Crippen molar-refractivity contribution in [3.8, 4) is 33.8 Å². The Kier molecular flexibility index (Phi) is 9.95. The van der Waals surface area contributed by atoms with Crippen molar-refractivity contribution < 1.29 is 59.1 Å². The van der Waals surface area contributed by atoms with Crippen LogP contribution in [0.3, 0.4) is 0 Å². The number of benzene rings is 4. The zero-order chi connectivity index (χ0) is 28.4. The van der Waals surface area contributed by atoms with Gasteiger partial charge in [0.05, 0.1) is 6.61 Å².